The first-order valence-corrected chi connectivity index (χ1v) is 17.2. The van der Waals surface area contributed by atoms with E-state index in [1.165, 1.54) is 16.2 Å². The molecular formula is C47H30N4. The summed E-state index contributed by atoms with van der Waals surface area (Å²) in [5.41, 5.74) is 10.3. The molecule has 10 rings (SSSR count). The van der Waals surface area contributed by atoms with Crippen LogP contribution in [0.25, 0.3) is 76.6 Å². The number of benzene rings is 7. The van der Waals surface area contributed by atoms with Gasteiger partial charge in [-0.2, -0.15) is 0 Å². The molecule has 51 heavy (non-hydrogen) atoms. The Morgan fingerprint density at radius 1 is 0.392 bits per heavy atom. The summed E-state index contributed by atoms with van der Waals surface area (Å²) in [5, 5.41) is 7.98. The van der Waals surface area contributed by atoms with Crippen LogP contribution in [0, 0.1) is 0 Å². The van der Waals surface area contributed by atoms with Crippen LogP contribution < -0.4 is 4.90 Å². The van der Waals surface area contributed by atoms with Crippen molar-refractivity contribution in [3.63, 3.8) is 0 Å². The Hall–Kier alpha value is -6.91. The molecular weight excluding hydrogens is 621 g/mol. The molecule has 10 aromatic rings. The van der Waals surface area contributed by atoms with E-state index in [2.05, 4.69) is 174 Å². The van der Waals surface area contributed by atoms with Gasteiger partial charge in [0.15, 0.2) is 0 Å². The zero-order chi connectivity index (χ0) is 33.7. The first kappa shape index (κ1) is 29.0. The fourth-order valence-corrected chi connectivity index (χ4v) is 7.59. The molecule has 0 fully saturated rings. The number of para-hydroxylation sites is 3. The summed E-state index contributed by atoms with van der Waals surface area (Å²) in [6.07, 6.45) is 3.74. The van der Waals surface area contributed by atoms with E-state index in [9.17, 15) is 0 Å². The van der Waals surface area contributed by atoms with E-state index in [0.29, 0.717) is 0 Å². The van der Waals surface area contributed by atoms with Crippen LogP contribution >= 0.6 is 0 Å². The maximum atomic E-state index is 5.52. The van der Waals surface area contributed by atoms with Gasteiger partial charge in [-0.05, 0) is 70.4 Å². The molecule has 0 aliphatic rings. The van der Waals surface area contributed by atoms with Crippen molar-refractivity contribution in [2.45, 2.75) is 0 Å². The Bertz CT molecular complexity index is 2870. The minimum atomic E-state index is 0.919. The maximum absolute atomic E-state index is 5.52. The van der Waals surface area contributed by atoms with Crippen LogP contribution in [0.5, 0.6) is 0 Å². The molecule has 4 nitrogen and oxygen atoms in total. The van der Waals surface area contributed by atoms with E-state index in [4.69, 9.17) is 9.97 Å². The van der Waals surface area contributed by atoms with E-state index in [-0.39, 0.29) is 0 Å². The highest BCUT2D eigenvalue weighted by Gasteiger charge is 2.20. The molecule has 0 saturated heterocycles. The average molecular weight is 651 g/mol. The summed E-state index contributed by atoms with van der Waals surface area (Å²) in [6.45, 7) is 0. The summed E-state index contributed by atoms with van der Waals surface area (Å²) in [7, 11) is 0. The predicted molar refractivity (Wildman–Crippen MR) is 213 cm³/mol. The number of nitrogens with zero attached hydrogens (tertiary/aromatic N) is 4. The Morgan fingerprint density at radius 3 is 1.86 bits per heavy atom. The fourth-order valence-electron chi connectivity index (χ4n) is 7.59. The van der Waals surface area contributed by atoms with Crippen molar-refractivity contribution >= 4 is 71.3 Å². The van der Waals surface area contributed by atoms with Crippen molar-refractivity contribution in [3.05, 3.63) is 182 Å². The third-order valence-corrected chi connectivity index (χ3v) is 9.89. The lowest BCUT2D eigenvalue weighted by molar-refractivity contribution is 1.28. The van der Waals surface area contributed by atoms with E-state index in [0.717, 1.165) is 77.5 Å². The highest BCUT2D eigenvalue weighted by molar-refractivity contribution is 6.24. The van der Waals surface area contributed by atoms with Crippen LogP contribution in [0.15, 0.2) is 182 Å². The van der Waals surface area contributed by atoms with Crippen LogP contribution in [-0.4, -0.2) is 15.0 Å². The second kappa shape index (κ2) is 11.9. The molecule has 0 spiro atoms. The largest absolute Gasteiger partial charge is 0.308 e. The Balaban J connectivity index is 1.26. The maximum Gasteiger partial charge on any atom is 0.0970 e. The van der Waals surface area contributed by atoms with E-state index in [1.807, 2.05) is 18.5 Å². The SMILES string of the molecule is c1ccc(-c2nc3c(N(c4ccccc4)c4ccccc4)cccc3c3c2ccc2cc(-c4ccnc5c4ccc4cccnc45)ccc23)cc1. The van der Waals surface area contributed by atoms with Crippen molar-refractivity contribution in [2.24, 2.45) is 0 Å². The molecule has 0 atom stereocenters. The zero-order valence-corrected chi connectivity index (χ0v) is 27.6. The normalized spacial score (nSPS) is 11.5. The lowest BCUT2D eigenvalue weighted by Crippen LogP contribution is -2.11. The average Bonchev–Trinajstić information content (AvgIpc) is 3.21. The third-order valence-electron chi connectivity index (χ3n) is 9.89. The monoisotopic (exact) mass is 650 g/mol. The van der Waals surface area contributed by atoms with Gasteiger partial charge in [0.05, 0.1) is 27.9 Å². The van der Waals surface area contributed by atoms with Crippen LogP contribution in [0.4, 0.5) is 17.1 Å². The molecule has 3 aromatic heterocycles. The highest BCUT2D eigenvalue weighted by Crippen LogP contribution is 2.44. The topological polar surface area (TPSA) is 41.9 Å². The van der Waals surface area contributed by atoms with Crippen molar-refractivity contribution in [3.8, 4) is 22.4 Å². The molecule has 4 heteroatoms. The predicted octanol–water partition coefficient (Wildman–Crippen LogP) is 12.4. The number of hydrogen-bond acceptors (Lipinski definition) is 4. The van der Waals surface area contributed by atoms with Crippen molar-refractivity contribution < 1.29 is 0 Å². The first-order chi connectivity index (χ1) is 25.3. The van der Waals surface area contributed by atoms with Gasteiger partial charge in [0.1, 0.15) is 0 Å². The summed E-state index contributed by atoms with van der Waals surface area (Å²) in [4.78, 5) is 17.3. The van der Waals surface area contributed by atoms with E-state index >= 15 is 0 Å². The summed E-state index contributed by atoms with van der Waals surface area (Å²) in [6, 6.07) is 60.0. The molecule has 0 unspecified atom stereocenters. The van der Waals surface area contributed by atoms with Crippen molar-refractivity contribution in [2.75, 3.05) is 4.90 Å². The Kier molecular flexibility index (Phi) is 6.78. The number of hydrogen-bond donors (Lipinski definition) is 0. The molecule has 0 aliphatic carbocycles. The fraction of sp³-hybridized carbons (Fsp3) is 0. The molecule has 0 radical (unpaired) electrons. The molecule has 0 N–H and O–H groups in total. The van der Waals surface area contributed by atoms with Crippen molar-refractivity contribution in [1.29, 1.82) is 0 Å². The van der Waals surface area contributed by atoms with Gasteiger partial charge in [0, 0.05) is 56.3 Å². The van der Waals surface area contributed by atoms with Gasteiger partial charge in [0.25, 0.3) is 0 Å². The summed E-state index contributed by atoms with van der Waals surface area (Å²) < 4.78 is 0. The molecule has 0 saturated carbocycles. The number of fused-ring (bicyclic) bond motifs is 8. The number of anilines is 3. The molecule has 0 amide bonds. The second-order valence-corrected chi connectivity index (χ2v) is 12.8. The standard InChI is InChI=1S/C47H30N4/c1-4-12-31(13-5-1)44-41-26-23-34-30-33(37-27-29-49-47-39(37)25-21-32-14-11-28-48-45(32)47)22-24-38(34)43(41)40-19-10-20-42(46(40)50-44)51(35-15-6-2-7-16-35)36-17-8-3-9-18-36/h1-30H. The van der Waals surface area contributed by atoms with Crippen LogP contribution in [-0.2, 0) is 0 Å². The molecule has 0 aliphatic heterocycles. The minimum absolute atomic E-state index is 0.919. The van der Waals surface area contributed by atoms with Crippen LogP contribution in [0.1, 0.15) is 0 Å². The minimum Gasteiger partial charge on any atom is -0.308 e. The van der Waals surface area contributed by atoms with Gasteiger partial charge in [0.2, 0.25) is 0 Å². The quantitative estimate of drug-likeness (QED) is 0.174. The number of rotatable bonds is 5. The highest BCUT2D eigenvalue weighted by atomic mass is 15.1. The van der Waals surface area contributed by atoms with Gasteiger partial charge < -0.3 is 4.90 Å². The molecule has 3 heterocycles. The van der Waals surface area contributed by atoms with E-state index in [1.54, 1.807) is 0 Å². The Morgan fingerprint density at radius 2 is 1.08 bits per heavy atom. The zero-order valence-electron chi connectivity index (χ0n) is 27.6. The van der Waals surface area contributed by atoms with Gasteiger partial charge in [-0.3, -0.25) is 9.97 Å². The van der Waals surface area contributed by atoms with Gasteiger partial charge in [-0.15, -0.1) is 0 Å². The molecule has 238 valence electrons. The number of pyridine rings is 3. The first-order valence-electron chi connectivity index (χ1n) is 17.2. The van der Waals surface area contributed by atoms with Crippen LogP contribution in [0.3, 0.4) is 0 Å². The smallest absolute Gasteiger partial charge is 0.0970 e. The summed E-state index contributed by atoms with van der Waals surface area (Å²) >= 11 is 0. The number of aromatic nitrogens is 3. The van der Waals surface area contributed by atoms with Gasteiger partial charge >= 0.3 is 0 Å². The third kappa shape index (κ3) is 4.80. The Labute approximate surface area is 294 Å². The van der Waals surface area contributed by atoms with Crippen LogP contribution in [0.2, 0.25) is 0 Å². The van der Waals surface area contributed by atoms with Gasteiger partial charge in [-0.25, -0.2) is 4.98 Å². The van der Waals surface area contributed by atoms with Crippen molar-refractivity contribution in [1.82, 2.24) is 15.0 Å². The molecule has 0 bridgehead atoms. The molecule has 7 aromatic carbocycles. The lowest BCUT2D eigenvalue weighted by atomic mass is 9.92. The summed E-state index contributed by atoms with van der Waals surface area (Å²) in [5.74, 6) is 0. The van der Waals surface area contributed by atoms with Gasteiger partial charge in [-0.1, -0.05) is 121 Å². The lowest BCUT2D eigenvalue weighted by Gasteiger charge is -2.27. The van der Waals surface area contributed by atoms with E-state index < -0.39 is 0 Å². The second-order valence-electron chi connectivity index (χ2n) is 12.8.